The van der Waals surface area contributed by atoms with Crippen molar-refractivity contribution < 1.29 is 22.7 Å². The molecule has 1 unspecified atom stereocenters. The van der Waals surface area contributed by atoms with Crippen LogP contribution >= 0.6 is 11.3 Å². The van der Waals surface area contributed by atoms with Gasteiger partial charge in [-0.15, -0.1) is 11.3 Å². The topological polar surface area (TPSA) is 88.2 Å². The molecule has 1 atom stereocenters. The van der Waals surface area contributed by atoms with E-state index in [2.05, 4.69) is 21.7 Å². The van der Waals surface area contributed by atoms with Gasteiger partial charge in [-0.25, -0.2) is 8.42 Å². The van der Waals surface area contributed by atoms with E-state index >= 15 is 0 Å². The second kappa shape index (κ2) is 10.5. The smallest absolute Gasteiger partial charge is 0.243 e. The molecule has 0 saturated carbocycles. The Morgan fingerprint density at radius 1 is 1.24 bits per heavy atom. The first-order chi connectivity index (χ1) is 15.8. The van der Waals surface area contributed by atoms with E-state index in [1.807, 2.05) is 19.9 Å². The van der Waals surface area contributed by atoms with E-state index in [1.165, 1.54) is 21.3 Å². The summed E-state index contributed by atoms with van der Waals surface area (Å²) >= 11 is 1.71. The highest BCUT2D eigenvalue weighted by atomic mass is 32.2. The van der Waals surface area contributed by atoms with Crippen LogP contribution in [0.4, 0.5) is 5.69 Å². The van der Waals surface area contributed by atoms with E-state index in [9.17, 15) is 13.2 Å². The van der Waals surface area contributed by atoms with Crippen LogP contribution in [0, 0.1) is 0 Å². The predicted octanol–water partition coefficient (Wildman–Crippen LogP) is 3.33. The molecule has 0 spiro atoms. The predicted molar refractivity (Wildman–Crippen MR) is 128 cm³/mol. The Balaban J connectivity index is 1.53. The summed E-state index contributed by atoms with van der Waals surface area (Å²) in [5.41, 5.74) is 0.370. The standard InChI is InChI=1S/C23H31N3O5S2/c1-17(2)31-21-8-7-18(33(28,29)26-10-12-30-13-11-26)15-19(21)24-23(27)16-25-9-3-5-20(25)22-6-4-14-32-22/h4,6-8,14-15,17,20H,3,5,9-13,16H2,1-2H3,(H,24,27). The summed E-state index contributed by atoms with van der Waals surface area (Å²) in [5.74, 6) is 0.267. The molecule has 2 aliphatic heterocycles. The van der Waals surface area contributed by atoms with Gasteiger partial charge in [0, 0.05) is 24.0 Å². The van der Waals surface area contributed by atoms with Crippen LogP contribution < -0.4 is 10.1 Å². The third-order valence-electron chi connectivity index (χ3n) is 5.78. The van der Waals surface area contributed by atoms with E-state index < -0.39 is 10.0 Å². The number of carbonyl (C=O) groups is 1. The highest BCUT2D eigenvalue weighted by Gasteiger charge is 2.30. The fraction of sp³-hybridized carbons (Fsp3) is 0.522. The molecule has 180 valence electrons. The number of ether oxygens (including phenoxy) is 2. The summed E-state index contributed by atoms with van der Waals surface area (Å²) in [6, 6.07) is 9.04. The molecule has 0 aliphatic carbocycles. The molecule has 2 aliphatic rings. The molecular formula is C23H31N3O5S2. The lowest BCUT2D eigenvalue weighted by Crippen LogP contribution is -2.40. The molecule has 0 bridgehead atoms. The number of amides is 1. The zero-order valence-corrected chi connectivity index (χ0v) is 20.7. The van der Waals surface area contributed by atoms with Gasteiger partial charge in [-0.3, -0.25) is 9.69 Å². The Morgan fingerprint density at radius 2 is 2.03 bits per heavy atom. The second-order valence-electron chi connectivity index (χ2n) is 8.53. The lowest BCUT2D eigenvalue weighted by Gasteiger charge is -2.26. The first-order valence-corrected chi connectivity index (χ1v) is 13.6. The number of rotatable bonds is 8. The minimum atomic E-state index is -3.69. The maximum Gasteiger partial charge on any atom is 0.243 e. The quantitative estimate of drug-likeness (QED) is 0.607. The molecule has 10 heteroatoms. The number of morpholine rings is 1. The van der Waals surface area contributed by atoms with Gasteiger partial charge in [0.2, 0.25) is 15.9 Å². The van der Waals surface area contributed by atoms with Crippen molar-refractivity contribution in [3.05, 3.63) is 40.6 Å². The normalized spacial score (nSPS) is 20.3. The van der Waals surface area contributed by atoms with E-state index in [4.69, 9.17) is 9.47 Å². The van der Waals surface area contributed by atoms with E-state index in [0.717, 1.165) is 19.4 Å². The summed E-state index contributed by atoms with van der Waals surface area (Å²) in [7, 11) is -3.69. The monoisotopic (exact) mass is 493 g/mol. The van der Waals surface area contributed by atoms with Crippen molar-refractivity contribution in [2.75, 3.05) is 44.7 Å². The van der Waals surface area contributed by atoms with Gasteiger partial charge >= 0.3 is 0 Å². The van der Waals surface area contributed by atoms with Gasteiger partial charge in [0.1, 0.15) is 5.75 Å². The Labute approximate surface area is 199 Å². The minimum Gasteiger partial charge on any atom is -0.489 e. The Bertz CT molecular complexity index is 1050. The number of benzene rings is 1. The first kappa shape index (κ1) is 24.2. The Kier molecular flexibility index (Phi) is 7.70. The van der Waals surface area contributed by atoms with Gasteiger partial charge < -0.3 is 14.8 Å². The fourth-order valence-corrected chi connectivity index (χ4v) is 6.58. The number of nitrogens with zero attached hydrogens (tertiary/aromatic N) is 2. The highest BCUT2D eigenvalue weighted by Crippen LogP contribution is 2.35. The Hall–Kier alpha value is -1.98. The van der Waals surface area contributed by atoms with E-state index in [-0.39, 0.29) is 29.5 Å². The van der Waals surface area contributed by atoms with Crippen LogP contribution in [-0.4, -0.2) is 69.0 Å². The fourth-order valence-electron chi connectivity index (χ4n) is 4.25. The van der Waals surface area contributed by atoms with Gasteiger partial charge in [-0.2, -0.15) is 4.31 Å². The molecular weight excluding hydrogens is 462 g/mol. The minimum absolute atomic E-state index is 0.121. The molecule has 2 aromatic rings. The van der Waals surface area contributed by atoms with Gasteiger partial charge in [-0.05, 0) is 62.9 Å². The number of anilines is 1. The van der Waals surface area contributed by atoms with Gasteiger partial charge in [0.15, 0.2) is 0 Å². The SMILES string of the molecule is CC(C)Oc1ccc(S(=O)(=O)N2CCOCC2)cc1NC(=O)CN1CCCC1c1cccs1. The average molecular weight is 494 g/mol. The van der Waals surface area contributed by atoms with E-state index in [1.54, 1.807) is 17.4 Å². The maximum absolute atomic E-state index is 13.1. The first-order valence-electron chi connectivity index (χ1n) is 11.3. The number of nitrogens with one attached hydrogen (secondary N) is 1. The molecule has 8 nitrogen and oxygen atoms in total. The van der Waals surface area contributed by atoms with Crippen LogP contribution in [0.2, 0.25) is 0 Å². The maximum atomic E-state index is 13.1. The molecule has 33 heavy (non-hydrogen) atoms. The van der Waals surface area contributed by atoms with Crippen molar-refractivity contribution in [2.45, 2.75) is 43.7 Å². The molecule has 1 aromatic heterocycles. The summed E-state index contributed by atoms with van der Waals surface area (Å²) in [4.78, 5) is 16.6. The van der Waals surface area contributed by atoms with Crippen molar-refractivity contribution in [3.63, 3.8) is 0 Å². The van der Waals surface area contributed by atoms with Crippen molar-refractivity contribution in [3.8, 4) is 5.75 Å². The molecule has 1 aromatic carbocycles. The van der Waals surface area contributed by atoms with Crippen LogP contribution in [0.3, 0.4) is 0 Å². The molecule has 2 saturated heterocycles. The zero-order chi connectivity index (χ0) is 23.4. The molecule has 1 amide bonds. The zero-order valence-electron chi connectivity index (χ0n) is 19.0. The summed E-state index contributed by atoms with van der Waals surface area (Å²) < 4.78 is 38.8. The van der Waals surface area contributed by atoms with Crippen LogP contribution in [-0.2, 0) is 19.6 Å². The largest absolute Gasteiger partial charge is 0.489 e. The van der Waals surface area contributed by atoms with Crippen molar-refractivity contribution >= 4 is 33.0 Å². The number of likely N-dealkylation sites (tertiary alicyclic amines) is 1. The van der Waals surface area contributed by atoms with Crippen molar-refractivity contribution in [1.29, 1.82) is 0 Å². The average Bonchev–Trinajstić information content (AvgIpc) is 3.47. The summed E-state index contributed by atoms with van der Waals surface area (Å²) in [5, 5.41) is 4.97. The van der Waals surface area contributed by atoms with Gasteiger partial charge in [0.05, 0.1) is 36.4 Å². The third-order valence-corrected chi connectivity index (χ3v) is 8.65. The van der Waals surface area contributed by atoms with Crippen molar-refractivity contribution in [2.24, 2.45) is 0 Å². The van der Waals surface area contributed by atoms with Crippen LogP contribution in [0.1, 0.15) is 37.6 Å². The number of sulfonamides is 1. The van der Waals surface area contributed by atoms with Crippen LogP contribution in [0.25, 0.3) is 0 Å². The van der Waals surface area contributed by atoms with Gasteiger partial charge in [0.25, 0.3) is 0 Å². The number of thiophene rings is 1. The third kappa shape index (κ3) is 5.75. The Morgan fingerprint density at radius 3 is 2.73 bits per heavy atom. The molecule has 3 heterocycles. The summed E-state index contributed by atoms with van der Waals surface area (Å²) in [6.45, 7) is 6.25. The van der Waals surface area contributed by atoms with Crippen LogP contribution in [0.5, 0.6) is 5.75 Å². The van der Waals surface area contributed by atoms with Crippen molar-refractivity contribution in [1.82, 2.24) is 9.21 Å². The highest BCUT2D eigenvalue weighted by molar-refractivity contribution is 7.89. The van der Waals surface area contributed by atoms with Gasteiger partial charge in [-0.1, -0.05) is 6.07 Å². The molecule has 4 rings (SSSR count). The second-order valence-corrected chi connectivity index (χ2v) is 11.5. The lowest BCUT2D eigenvalue weighted by molar-refractivity contribution is -0.117. The lowest BCUT2D eigenvalue weighted by atomic mass is 10.2. The number of hydrogen-bond acceptors (Lipinski definition) is 7. The molecule has 0 radical (unpaired) electrons. The number of hydrogen-bond donors (Lipinski definition) is 1. The molecule has 2 fully saturated rings. The molecule has 1 N–H and O–H groups in total. The van der Waals surface area contributed by atoms with E-state index in [0.29, 0.717) is 37.7 Å². The summed E-state index contributed by atoms with van der Waals surface area (Å²) in [6.07, 6.45) is 1.96. The van der Waals surface area contributed by atoms with Crippen LogP contribution in [0.15, 0.2) is 40.6 Å². The number of carbonyl (C=O) groups excluding carboxylic acids is 1.